The van der Waals surface area contributed by atoms with Gasteiger partial charge in [-0.3, -0.25) is 0 Å². The number of nitrogens with zero attached hydrogens (tertiary/aromatic N) is 2. The summed E-state index contributed by atoms with van der Waals surface area (Å²) in [4.78, 5) is 4.51. The molecule has 84 valence electrons. The molecule has 0 aromatic heterocycles. The molecule has 3 heteroatoms. The number of hydrogen-bond acceptors (Lipinski definition) is 3. The molecule has 0 radical (unpaired) electrons. The second-order valence-corrected chi connectivity index (χ2v) is 4.97. The van der Waals surface area contributed by atoms with Crippen LogP contribution in [0.25, 0.3) is 0 Å². The summed E-state index contributed by atoms with van der Waals surface area (Å²) in [5.41, 5.74) is 0. The Kier molecular flexibility index (Phi) is 4.35. The zero-order valence-electron chi connectivity index (χ0n) is 9.90. The van der Waals surface area contributed by atoms with Crippen LogP contribution < -0.4 is 0 Å². The fraction of sp³-hybridized carbons (Fsp3) is 1.00. The summed E-state index contributed by atoms with van der Waals surface area (Å²) in [5.74, 6) is 0.472. The molecule has 0 saturated carbocycles. The van der Waals surface area contributed by atoms with Crippen molar-refractivity contribution in [2.24, 2.45) is 5.92 Å². The Morgan fingerprint density at radius 3 is 2.50 bits per heavy atom. The van der Waals surface area contributed by atoms with Gasteiger partial charge in [0.1, 0.15) is 0 Å². The second-order valence-electron chi connectivity index (χ2n) is 4.97. The molecular formula is C11H24N2O. The van der Waals surface area contributed by atoms with Crippen LogP contribution in [0.5, 0.6) is 0 Å². The van der Waals surface area contributed by atoms with Crippen LogP contribution in [0.1, 0.15) is 20.3 Å². The van der Waals surface area contributed by atoms with Crippen LogP contribution in [0.2, 0.25) is 0 Å². The third kappa shape index (κ3) is 3.23. The minimum atomic E-state index is -0.159. The van der Waals surface area contributed by atoms with E-state index in [0.29, 0.717) is 12.0 Å². The van der Waals surface area contributed by atoms with Gasteiger partial charge < -0.3 is 14.9 Å². The van der Waals surface area contributed by atoms with Crippen LogP contribution in [0.15, 0.2) is 0 Å². The first kappa shape index (κ1) is 12.0. The van der Waals surface area contributed by atoms with E-state index in [4.69, 9.17) is 0 Å². The maximum atomic E-state index is 9.95. The van der Waals surface area contributed by atoms with Crippen LogP contribution in [-0.2, 0) is 0 Å². The normalized spacial score (nSPS) is 26.4. The molecule has 1 N–H and O–H groups in total. The standard InChI is InChI=1S/C11H24N2O/c1-9(2)13-6-5-10(7-13)11(14)8-12(3)4/h9-11,14H,5-8H2,1-4H3. The Hall–Kier alpha value is -0.120. The molecule has 0 aliphatic carbocycles. The highest BCUT2D eigenvalue weighted by Gasteiger charge is 2.29. The summed E-state index contributed by atoms with van der Waals surface area (Å²) in [5, 5.41) is 9.95. The molecule has 0 spiro atoms. The lowest BCUT2D eigenvalue weighted by molar-refractivity contribution is 0.0804. The van der Waals surface area contributed by atoms with E-state index in [-0.39, 0.29) is 6.10 Å². The Balaban J connectivity index is 2.34. The molecule has 0 aromatic rings. The maximum absolute atomic E-state index is 9.95. The van der Waals surface area contributed by atoms with Gasteiger partial charge in [0, 0.05) is 25.0 Å². The Morgan fingerprint density at radius 2 is 2.07 bits per heavy atom. The van der Waals surface area contributed by atoms with E-state index in [1.807, 2.05) is 14.1 Å². The van der Waals surface area contributed by atoms with Crippen molar-refractivity contribution >= 4 is 0 Å². The lowest BCUT2D eigenvalue weighted by atomic mass is 10.0. The highest BCUT2D eigenvalue weighted by molar-refractivity contribution is 4.83. The summed E-state index contributed by atoms with van der Waals surface area (Å²) < 4.78 is 0. The Morgan fingerprint density at radius 1 is 1.43 bits per heavy atom. The summed E-state index contributed by atoms with van der Waals surface area (Å²) >= 11 is 0. The molecule has 1 aliphatic heterocycles. The van der Waals surface area contributed by atoms with Crippen molar-refractivity contribution in [1.29, 1.82) is 0 Å². The number of hydrogen-bond donors (Lipinski definition) is 1. The number of likely N-dealkylation sites (N-methyl/N-ethyl adjacent to an activating group) is 1. The van der Waals surface area contributed by atoms with Crippen molar-refractivity contribution in [1.82, 2.24) is 9.80 Å². The zero-order valence-corrected chi connectivity index (χ0v) is 9.90. The average Bonchev–Trinajstić information content (AvgIpc) is 2.50. The molecule has 0 amide bonds. The zero-order chi connectivity index (χ0) is 10.7. The van der Waals surface area contributed by atoms with Gasteiger partial charge in [-0.05, 0) is 40.9 Å². The van der Waals surface area contributed by atoms with E-state index in [2.05, 4.69) is 23.6 Å². The van der Waals surface area contributed by atoms with Gasteiger partial charge in [-0.2, -0.15) is 0 Å². The van der Waals surface area contributed by atoms with Crippen molar-refractivity contribution in [3.8, 4) is 0 Å². The van der Waals surface area contributed by atoms with Gasteiger partial charge in [-0.15, -0.1) is 0 Å². The van der Waals surface area contributed by atoms with Crippen molar-refractivity contribution in [3.05, 3.63) is 0 Å². The molecule has 2 atom stereocenters. The van der Waals surface area contributed by atoms with E-state index in [9.17, 15) is 5.11 Å². The lowest BCUT2D eigenvalue weighted by Gasteiger charge is -2.24. The molecule has 1 aliphatic rings. The first-order valence-electron chi connectivity index (χ1n) is 5.57. The van der Waals surface area contributed by atoms with E-state index in [1.54, 1.807) is 0 Å². The smallest absolute Gasteiger partial charge is 0.0707 e. The fourth-order valence-corrected chi connectivity index (χ4v) is 2.12. The molecule has 2 unspecified atom stereocenters. The maximum Gasteiger partial charge on any atom is 0.0707 e. The van der Waals surface area contributed by atoms with Gasteiger partial charge in [0.2, 0.25) is 0 Å². The number of rotatable bonds is 4. The summed E-state index contributed by atoms with van der Waals surface area (Å²) in [6, 6.07) is 0.617. The quantitative estimate of drug-likeness (QED) is 0.721. The molecule has 1 rings (SSSR count). The van der Waals surface area contributed by atoms with Crippen LogP contribution >= 0.6 is 0 Å². The van der Waals surface area contributed by atoms with E-state index in [1.165, 1.54) is 0 Å². The number of likely N-dealkylation sites (tertiary alicyclic amines) is 1. The van der Waals surface area contributed by atoms with Gasteiger partial charge in [-0.25, -0.2) is 0 Å². The molecule has 0 bridgehead atoms. The third-order valence-electron chi connectivity index (χ3n) is 3.08. The molecule has 1 fully saturated rings. The van der Waals surface area contributed by atoms with Gasteiger partial charge in [-0.1, -0.05) is 0 Å². The second kappa shape index (κ2) is 5.10. The minimum Gasteiger partial charge on any atom is -0.391 e. The largest absolute Gasteiger partial charge is 0.391 e. The number of aliphatic hydroxyl groups is 1. The van der Waals surface area contributed by atoms with Crippen LogP contribution in [0.4, 0.5) is 0 Å². The fourth-order valence-electron chi connectivity index (χ4n) is 2.12. The van der Waals surface area contributed by atoms with E-state index >= 15 is 0 Å². The Bertz CT molecular complexity index is 171. The van der Waals surface area contributed by atoms with E-state index in [0.717, 1.165) is 26.1 Å². The highest BCUT2D eigenvalue weighted by atomic mass is 16.3. The third-order valence-corrected chi connectivity index (χ3v) is 3.08. The van der Waals surface area contributed by atoms with Gasteiger partial charge in [0.05, 0.1) is 6.10 Å². The SMILES string of the molecule is CC(C)N1CCC(C(O)CN(C)C)C1. The van der Waals surface area contributed by atoms with E-state index < -0.39 is 0 Å². The lowest BCUT2D eigenvalue weighted by Crippen LogP contribution is -2.35. The predicted molar refractivity (Wildman–Crippen MR) is 59.4 cm³/mol. The van der Waals surface area contributed by atoms with Crippen molar-refractivity contribution in [3.63, 3.8) is 0 Å². The molecule has 3 nitrogen and oxygen atoms in total. The molecule has 0 aromatic carbocycles. The Labute approximate surface area is 87.7 Å². The van der Waals surface area contributed by atoms with Crippen molar-refractivity contribution in [2.75, 3.05) is 33.7 Å². The molecular weight excluding hydrogens is 176 g/mol. The first-order valence-corrected chi connectivity index (χ1v) is 5.57. The van der Waals surface area contributed by atoms with Gasteiger partial charge in [0.25, 0.3) is 0 Å². The highest BCUT2D eigenvalue weighted by Crippen LogP contribution is 2.21. The predicted octanol–water partition coefficient (Wildman–Crippen LogP) is 0.639. The summed E-state index contributed by atoms with van der Waals surface area (Å²) in [7, 11) is 4.02. The van der Waals surface area contributed by atoms with Crippen molar-refractivity contribution < 1.29 is 5.11 Å². The number of aliphatic hydroxyl groups excluding tert-OH is 1. The van der Waals surface area contributed by atoms with Gasteiger partial charge in [0.15, 0.2) is 0 Å². The monoisotopic (exact) mass is 200 g/mol. The molecule has 1 heterocycles. The van der Waals surface area contributed by atoms with Gasteiger partial charge >= 0.3 is 0 Å². The van der Waals surface area contributed by atoms with Crippen LogP contribution in [-0.4, -0.2) is 60.8 Å². The minimum absolute atomic E-state index is 0.159. The first-order chi connectivity index (χ1) is 6.50. The molecule has 1 saturated heterocycles. The summed E-state index contributed by atoms with van der Waals surface area (Å²) in [6.45, 7) is 7.44. The molecule has 14 heavy (non-hydrogen) atoms. The topological polar surface area (TPSA) is 26.7 Å². The van der Waals surface area contributed by atoms with Crippen molar-refractivity contribution in [2.45, 2.75) is 32.4 Å². The summed E-state index contributed by atoms with van der Waals surface area (Å²) in [6.07, 6.45) is 0.987. The average molecular weight is 200 g/mol. The van der Waals surface area contributed by atoms with Crippen LogP contribution in [0.3, 0.4) is 0 Å². The van der Waals surface area contributed by atoms with Crippen LogP contribution in [0, 0.1) is 5.92 Å².